The lowest BCUT2D eigenvalue weighted by Crippen LogP contribution is -2.53. The number of ether oxygens (including phenoxy) is 1. The summed E-state index contributed by atoms with van der Waals surface area (Å²) in [6, 6.07) is 11.8. The molecule has 1 aromatic carbocycles. The average Bonchev–Trinajstić information content (AvgIpc) is 2.67. The lowest BCUT2D eigenvalue weighted by Gasteiger charge is -2.40. The number of nitrogens with zero attached hydrogens (tertiary/aromatic N) is 2. The van der Waals surface area contributed by atoms with Gasteiger partial charge in [0.05, 0.1) is 5.56 Å². The molecule has 8 heteroatoms. The number of amides is 1. The van der Waals surface area contributed by atoms with Gasteiger partial charge in [0.15, 0.2) is 0 Å². The van der Waals surface area contributed by atoms with Crippen molar-refractivity contribution in [2.24, 2.45) is 0 Å². The number of pyridine rings is 1. The molecule has 0 atom stereocenters. The summed E-state index contributed by atoms with van der Waals surface area (Å²) >= 11 is 0. The molecule has 0 bridgehead atoms. The fourth-order valence-corrected chi connectivity index (χ4v) is 3.10. The van der Waals surface area contributed by atoms with E-state index in [1.807, 2.05) is 42.2 Å². The molecule has 150 valence electrons. The van der Waals surface area contributed by atoms with Gasteiger partial charge in [0.25, 0.3) is 0 Å². The Hall–Kier alpha value is -2.77. The second-order valence-electron chi connectivity index (χ2n) is 7.14. The molecule has 1 fully saturated rings. The van der Waals surface area contributed by atoms with Crippen molar-refractivity contribution in [2.75, 3.05) is 18.0 Å². The van der Waals surface area contributed by atoms with Crippen LogP contribution in [0.2, 0.25) is 0 Å². The number of nitrogens with one attached hydrogen (secondary N) is 1. The molecule has 1 aromatic heterocycles. The third kappa shape index (κ3) is 5.15. The van der Waals surface area contributed by atoms with Gasteiger partial charge in [-0.25, -0.2) is 9.78 Å². The third-order valence-electron chi connectivity index (χ3n) is 4.88. The van der Waals surface area contributed by atoms with Gasteiger partial charge in [0, 0.05) is 24.8 Å². The van der Waals surface area contributed by atoms with Crippen molar-refractivity contribution in [2.45, 2.75) is 38.1 Å². The molecule has 0 unspecified atom stereocenters. The summed E-state index contributed by atoms with van der Waals surface area (Å²) in [5.41, 5.74) is -0.289. The number of halogens is 3. The van der Waals surface area contributed by atoms with Crippen LogP contribution in [0.15, 0.2) is 48.7 Å². The summed E-state index contributed by atoms with van der Waals surface area (Å²) < 4.78 is 43.2. The Kier molecular flexibility index (Phi) is 5.76. The molecule has 3 rings (SSSR count). The van der Waals surface area contributed by atoms with E-state index in [0.717, 1.165) is 17.8 Å². The van der Waals surface area contributed by atoms with Crippen LogP contribution in [0.1, 0.15) is 30.9 Å². The molecule has 0 aliphatic carbocycles. The number of carbonyl (C=O) groups excluding carboxylic acids is 1. The van der Waals surface area contributed by atoms with Gasteiger partial charge in [-0.1, -0.05) is 30.3 Å². The van der Waals surface area contributed by atoms with E-state index >= 15 is 0 Å². The predicted octanol–water partition coefficient (Wildman–Crippen LogP) is 4.39. The number of benzene rings is 1. The van der Waals surface area contributed by atoms with Crippen LogP contribution in [0.25, 0.3) is 0 Å². The van der Waals surface area contributed by atoms with E-state index in [9.17, 15) is 18.0 Å². The quantitative estimate of drug-likeness (QED) is 0.837. The van der Waals surface area contributed by atoms with Gasteiger partial charge in [-0.05, 0) is 37.5 Å². The van der Waals surface area contributed by atoms with Crippen LogP contribution < -0.4 is 10.2 Å². The fraction of sp³-hybridized carbons (Fsp3) is 0.400. The van der Waals surface area contributed by atoms with Gasteiger partial charge < -0.3 is 15.0 Å². The maximum Gasteiger partial charge on any atom is 0.417 e. The number of carbonyl (C=O) groups is 1. The molecule has 2 aromatic rings. The number of hydrogen-bond donors (Lipinski definition) is 1. The van der Waals surface area contributed by atoms with Crippen LogP contribution in [0.4, 0.5) is 23.8 Å². The Balaban J connectivity index is 1.50. The first-order valence-electron chi connectivity index (χ1n) is 9.02. The maximum absolute atomic E-state index is 12.7. The Morgan fingerprint density at radius 3 is 2.43 bits per heavy atom. The third-order valence-corrected chi connectivity index (χ3v) is 4.88. The van der Waals surface area contributed by atoms with Crippen molar-refractivity contribution < 1.29 is 22.7 Å². The Morgan fingerprint density at radius 2 is 1.86 bits per heavy atom. The van der Waals surface area contributed by atoms with Crippen molar-refractivity contribution in [3.8, 4) is 0 Å². The SMILES string of the molecule is CC1(NC(=O)OCc2ccccc2)CCN(c2ccc(C(F)(F)F)cn2)CC1. The van der Waals surface area contributed by atoms with Crippen molar-refractivity contribution in [1.29, 1.82) is 0 Å². The lowest BCUT2D eigenvalue weighted by molar-refractivity contribution is -0.137. The number of hydrogen-bond acceptors (Lipinski definition) is 4. The number of piperidine rings is 1. The van der Waals surface area contributed by atoms with Crippen LogP contribution in [-0.2, 0) is 17.5 Å². The van der Waals surface area contributed by atoms with Crippen molar-refractivity contribution >= 4 is 11.9 Å². The molecule has 0 spiro atoms. The van der Waals surface area contributed by atoms with Crippen LogP contribution >= 0.6 is 0 Å². The predicted molar refractivity (Wildman–Crippen MR) is 98.9 cm³/mol. The molecule has 1 N–H and O–H groups in total. The van der Waals surface area contributed by atoms with Gasteiger partial charge in [0.1, 0.15) is 12.4 Å². The molecular weight excluding hydrogens is 371 g/mol. The minimum absolute atomic E-state index is 0.199. The van der Waals surface area contributed by atoms with Crippen molar-refractivity contribution in [1.82, 2.24) is 10.3 Å². The monoisotopic (exact) mass is 393 g/mol. The first kappa shape index (κ1) is 20.0. The first-order valence-corrected chi connectivity index (χ1v) is 9.02. The van der Waals surface area contributed by atoms with Gasteiger partial charge >= 0.3 is 12.3 Å². The standard InChI is InChI=1S/C20H22F3N3O2/c1-19(25-18(27)28-14-15-5-3-2-4-6-15)9-11-26(12-10-19)17-8-7-16(13-24-17)20(21,22)23/h2-8,13H,9-12,14H2,1H3,(H,25,27). The van der Waals surface area contributed by atoms with E-state index in [2.05, 4.69) is 10.3 Å². The Morgan fingerprint density at radius 1 is 1.18 bits per heavy atom. The van der Waals surface area contributed by atoms with E-state index in [1.54, 1.807) is 0 Å². The summed E-state index contributed by atoms with van der Waals surface area (Å²) in [5.74, 6) is 0.502. The van der Waals surface area contributed by atoms with Crippen LogP contribution in [0.3, 0.4) is 0 Å². The fourth-order valence-electron chi connectivity index (χ4n) is 3.10. The minimum Gasteiger partial charge on any atom is -0.445 e. The largest absolute Gasteiger partial charge is 0.445 e. The molecule has 1 aliphatic heterocycles. The van der Waals surface area contributed by atoms with Crippen molar-refractivity contribution in [3.05, 3.63) is 59.8 Å². The number of rotatable bonds is 4. The zero-order valence-electron chi connectivity index (χ0n) is 15.5. The summed E-state index contributed by atoms with van der Waals surface area (Å²) in [7, 11) is 0. The van der Waals surface area contributed by atoms with E-state index in [-0.39, 0.29) is 6.61 Å². The molecule has 5 nitrogen and oxygen atoms in total. The smallest absolute Gasteiger partial charge is 0.417 e. The lowest BCUT2D eigenvalue weighted by atomic mass is 9.90. The zero-order valence-corrected chi connectivity index (χ0v) is 15.5. The van der Waals surface area contributed by atoms with Crippen LogP contribution in [-0.4, -0.2) is 29.7 Å². The summed E-state index contributed by atoms with van der Waals surface area (Å²) in [6.07, 6.45) is -2.75. The highest BCUT2D eigenvalue weighted by Gasteiger charge is 2.34. The number of anilines is 1. The van der Waals surface area contributed by atoms with Gasteiger partial charge in [-0.3, -0.25) is 0 Å². The second-order valence-corrected chi connectivity index (χ2v) is 7.14. The Labute approximate surface area is 161 Å². The van der Waals surface area contributed by atoms with Gasteiger partial charge in [-0.15, -0.1) is 0 Å². The summed E-state index contributed by atoms with van der Waals surface area (Å²) in [6.45, 7) is 3.29. The highest BCUT2D eigenvalue weighted by atomic mass is 19.4. The second kappa shape index (κ2) is 8.08. The zero-order chi connectivity index (χ0) is 20.2. The molecule has 0 saturated carbocycles. The van der Waals surface area contributed by atoms with Gasteiger partial charge in [0.2, 0.25) is 0 Å². The Bertz CT molecular complexity index is 787. The molecule has 2 heterocycles. The molecular formula is C20H22F3N3O2. The van der Waals surface area contributed by atoms with Crippen molar-refractivity contribution in [3.63, 3.8) is 0 Å². The number of alkyl carbamates (subject to hydrolysis) is 1. The first-order chi connectivity index (χ1) is 13.3. The van der Waals surface area contributed by atoms with Gasteiger partial charge in [-0.2, -0.15) is 13.2 Å². The maximum atomic E-state index is 12.7. The van der Waals surface area contributed by atoms with E-state index < -0.39 is 23.4 Å². The highest BCUT2D eigenvalue weighted by molar-refractivity contribution is 5.68. The minimum atomic E-state index is -4.39. The van der Waals surface area contributed by atoms with E-state index in [1.165, 1.54) is 6.07 Å². The topological polar surface area (TPSA) is 54.5 Å². The highest BCUT2D eigenvalue weighted by Crippen LogP contribution is 2.30. The average molecular weight is 393 g/mol. The normalized spacial score (nSPS) is 16.5. The molecule has 1 amide bonds. The molecule has 1 saturated heterocycles. The van der Waals surface area contributed by atoms with Crippen LogP contribution in [0.5, 0.6) is 0 Å². The molecule has 0 radical (unpaired) electrons. The number of aromatic nitrogens is 1. The van der Waals surface area contributed by atoms with Crippen LogP contribution in [0, 0.1) is 0 Å². The summed E-state index contributed by atoms with van der Waals surface area (Å²) in [4.78, 5) is 18.0. The molecule has 28 heavy (non-hydrogen) atoms. The van der Waals surface area contributed by atoms with E-state index in [0.29, 0.717) is 31.7 Å². The molecule has 1 aliphatic rings. The van der Waals surface area contributed by atoms with E-state index in [4.69, 9.17) is 4.74 Å². The summed E-state index contributed by atoms with van der Waals surface area (Å²) in [5, 5.41) is 2.91. The number of alkyl halides is 3.